The predicted molar refractivity (Wildman–Crippen MR) is 58.6 cm³/mol. The molecule has 0 atom stereocenters. The third-order valence-electron chi connectivity index (χ3n) is 1.80. The highest BCUT2D eigenvalue weighted by Gasteiger charge is 2.37. The minimum Gasteiger partial charge on any atom is -0.309 e. The zero-order valence-electron chi connectivity index (χ0n) is 10.1. The Morgan fingerprint density at radius 2 is 1.33 bits per heavy atom. The van der Waals surface area contributed by atoms with Crippen LogP contribution in [0.4, 0.5) is 0 Å². The lowest BCUT2D eigenvalue weighted by Crippen LogP contribution is -2.20. The Kier molecular flexibility index (Phi) is 9.17. The van der Waals surface area contributed by atoms with E-state index in [1.165, 1.54) is 19.4 Å². The normalized spacial score (nSPS) is 17.0. The first kappa shape index (κ1) is 14.5. The Labute approximate surface area is 79.2 Å². The van der Waals surface area contributed by atoms with E-state index < -0.39 is 0 Å². The molecule has 76 valence electrons. The van der Waals surface area contributed by atoms with Crippen molar-refractivity contribution in [1.29, 1.82) is 0 Å². The maximum absolute atomic E-state index is 2.35. The van der Waals surface area contributed by atoms with E-state index in [2.05, 4.69) is 25.9 Å². The van der Waals surface area contributed by atoms with Crippen LogP contribution in [0.15, 0.2) is 0 Å². The molecule has 0 aromatic heterocycles. The lowest BCUT2D eigenvalue weighted by atomic mass is 10.1. The van der Waals surface area contributed by atoms with Crippen molar-refractivity contribution in [2.45, 2.75) is 47.5 Å². The van der Waals surface area contributed by atoms with Crippen molar-refractivity contribution >= 4 is 0 Å². The molecule has 0 saturated heterocycles. The van der Waals surface area contributed by atoms with Crippen LogP contribution in [0.3, 0.4) is 0 Å². The van der Waals surface area contributed by atoms with E-state index >= 15 is 0 Å². The van der Waals surface area contributed by atoms with Crippen LogP contribution in [0.2, 0.25) is 0 Å². The molecule has 1 fully saturated rings. The van der Waals surface area contributed by atoms with Gasteiger partial charge in [-0.2, -0.15) is 0 Å². The largest absolute Gasteiger partial charge is 0.309 e. The summed E-state index contributed by atoms with van der Waals surface area (Å²) in [5.41, 5.74) is 0.698. The molecule has 12 heavy (non-hydrogen) atoms. The maximum Gasteiger partial charge on any atom is 0.00292 e. The molecular weight excluding hydrogens is 146 g/mol. The molecule has 1 nitrogen and oxygen atoms in total. The zero-order chi connectivity index (χ0) is 10.2. The van der Waals surface area contributed by atoms with Gasteiger partial charge in [-0.1, -0.05) is 34.6 Å². The third-order valence-corrected chi connectivity index (χ3v) is 1.80. The van der Waals surface area contributed by atoms with Gasteiger partial charge in [0.2, 0.25) is 0 Å². The van der Waals surface area contributed by atoms with Crippen LogP contribution in [0.25, 0.3) is 0 Å². The van der Waals surface area contributed by atoms with Crippen LogP contribution in [0.1, 0.15) is 47.5 Å². The van der Waals surface area contributed by atoms with Crippen LogP contribution in [0.5, 0.6) is 0 Å². The minimum absolute atomic E-state index is 0.698. The highest BCUT2D eigenvalue weighted by molar-refractivity contribution is 4.89. The second-order valence-electron chi connectivity index (χ2n) is 3.55. The lowest BCUT2D eigenvalue weighted by Gasteiger charge is -2.14. The van der Waals surface area contributed by atoms with Crippen molar-refractivity contribution < 1.29 is 0 Å². The number of rotatable bonds is 2. The molecule has 1 saturated carbocycles. The van der Waals surface area contributed by atoms with Crippen molar-refractivity contribution in [2.24, 2.45) is 5.41 Å². The Hall–Kier alpha value is -0.0400. The van der Waals surface area contributed by atoms with Gasteiger partial charge < -0.3 is 4.90 Å². The van der Waals surface area contributed by atoms with E-state index in [0.717, 1.165) is 0 Å². The van der Waals surface area contributed by atoms with Gasteiger partial charge in [-0.05, 0) is 32.4 Å². The van der Waals surface area contributed by atoms with Gasteiger partial charge in [-0.3, -0.25) is 0 Å². The van der Waals surface area contributed by atoms with Gasteiger partial charge in [0.05, 0.1) is 0 Å². The van der Waals surface area contributed by atoms with Crippen molar-refractivity contribution in [2.75, 3.05) is 20.6 Å². The van der Waals surface area contributed by atoms with Crippen LogP contribution in [0, 0.1) is 5.41 Å². The summed E-state index contributed by atoms with van der Waals surface area (Å²) in [6.07, 6.45) is 2.87. The van der Waals surface area contributed by atoms with Crippen LogP contribution in [-0.2, 0) is 0 Å². The second kappa shape index (κ2) is 7.60. The SMILES string of the molecule is CC.CC.CN(C)CC1(C)CC1. The highest BCUT2D eigenvalue weighted by atomic mass is 15.1. The van der Waals surface area contributed by atoms with Gasteiger partial charge >= 0.3 is 0 Å². The van der Waals surface area contributed by atoms with Gasteiger partial charge in [0, 0.05) is 6.54 Å². The summed E-state index contributed by atoms with van der Waals surface area (Å²) in [7, 11) is 4.28. The molecule has 1 heteroatoms. The minimum atomic E-state index is 0.698. The van der Waals surface area contributed by atoms with E-state index in [-0.39, 0.29) is 0 Å². The fraction of sp³-hybridized carbons (Fsp3) is 1.00. The summed E-state index contributed by atoms with van der Waals surface area (Å²) in [4.78, 5) is 2.27. The van der Waals surface area contributed by atoms with Gasteiger partial charge in [0.1, 0.15) is 0 Å². The first-order valence-electron chi connectivity index (χ1n) is 5.27. The fourth-order valence-electron chi connectivity index (χ4n) is 1.13. The van der Waals surface area contributed by atoms with Gasteiger partial charge in [0.15, 0.2) is 0 Å². The van der Waals surface area contributed by atoms with Crippen molar-refractivity contribution in [3.8, 4) is 0 Å². The Morgan fingerprint density at radius 1 is 1.00 bits per heavy atom. The molecule has 0 bridgehead atoms. The number of hydrogen-bond acceptors (Lipinski definition) is 1. The number of hydrogen-bond donors (Lipinski definition) is 0. The molecule has 0 spiro atoms. The smallest absolute Gasteiger partial charge is 0.00292 e. The molecule has 0 aliphatic heterocycles. The molecule has 0 radical (unpaired) electrons. The molecule has 1 aliphatic rings. The van der Waals surface area contributed by atoms with Crippen LogP contribution < -0.4 is 0 Å². The molecule has 0 aromatic rings. The molecule has 0 heterocycles. The lowest BCUT2D eigenvalue weighted by molar-refractivity contribution is 0.326. The average Bonchev–Trinajstić information content (AvgIpc) is 2.74. The van der Waals surface area contributed by atoms with E-state index in [4.69, 9.17) is 0 Å². The molecule has 0 unspecified atom stereocenters. The fourth-order valence-corrected chi connectivity index (χ4v) is 1.13. The van der Waals surface area contributed by atoms with Gasteiger partial charge in [-0.15, -0.1) is 0 Å². The molecule has 0 N–H and O–H groups in total. The van der Waals surface area contributed by atoms with E-state index in [1.54, 1.807) is 0 Å². The Balaban J connectivity index is 0. The Morgan fingerprint density at radius 3 is 1.42 bits per heavy atom. The predicted octanol–water partition coefficient (Wildman–Crippen LogP) is 3.40. The van der Waals surface area contributed by atoms with Gasteiger partial charge in [-0.25, -0.2) is 0 Å². The summed E-state index contributed by atoms with van der Waals surface area (Å²) in [5, 5.41) is 0. The van der Waals surface area contributed by atoms with Crippen LogP contribution >= 0.6 is 0 Å². The van der Waals surface area contributed by atoms with E-state index in [9.17, 15) is 0 Å². The van der Waals surface area contributed by atoms with Crippen LogP contribution in [-0.4, -0.2) is 25.5 Å². The molecule has 1 rings (SSSR count). The van der Waals surface area contributed by atoms with Crippen molar-refractivity contribution in [1.82, 2.24) is 4.90 Å². The second-order valence-corrected chi connectivity index (χ2v) is 3.55. The zero-order valence-corrected chi connectivity index (χ0v) is 10.1. The van der Waals surface area contributed by atoms with Crippen molar-refractivity contribution in [3.05, 3.63) is 0 Å². The third kappa shape index (κ3) is 8.06. The molecule has 0 aromatic carbocycles. The van der Waals surface area contributed by atoms with E-state index in [0.29, 0.717) is 5.41 Å². The first-order valence-corrected chi connectivity index (χ1v) is 5.27. The van der Waals surface area contributed by atoms with E-state index in [1.807, 2.05) is 27.7 Å². The van der Waals surface area contributed by atoms with Crippen molar-refractivity contribution in [3.63, 3.8) is 0 Å². The summed E-state index contributed by atoms with van der Waals surface area (Å²) in [6.45, 7) is 11.6. The summed E-state index contributed by atoms with van der Waals surface area (Å²) in [5.74, 6) is 0. The number of nitrogens with zero attached hydrogens (tertiary/aromatic N) is 1. The summed E-state index contributed by atoms with van der Waals surface area (Å²) in [6, 6.07) is 0. The first-order chi connectivity index (χ1) is 5.62. The molecule has 0 amide bonds. The molecule has 1 aliphatic carbocycles. The average molecular weight is 173 g/mol. The summed E-state index contributed by atoms with van der Waals surface area (Å²) < 4.78 is 0. The standard InChI is InChI=1S/C7H15N.2C2H6/c1-7(4-5-7)6-8(2)3;2*1-2/h4-6H2,1-3H3;2*1-2H3. The van der Waals surface area contributed by atoms with Gasteiger partial charge in [0.25, 0.3) is 0 Å². The monoisotopic (exact) mass is 173 g/mol. The Bertz CT molecular complexity index is 83.0. The maximum atomic E-state index is 2.35. The topological polar surface area (TPSA) is 3.24 Å². The summed E-state index contributed by atoms with van der Waals surface area (Å²) >= 11 is 0. The highest BCUT2D eigenvalue weighted by Crippen LogP contribution is 2.44. The molecular formula is C11H27N. The quantitative estimate of drug-likeness (QED) is 0.618.